The molecule has 0 aromatic heterocycles. The lowest BCUT2D eigenvalue weighted by Crippen LogP contribution is -2.82. The molecule has 0 amide bonds. The van der Waals surface area contributed by atoms with E-state index in [9.17, 15) is 10.2 Å². The van der Waals surface area contributed by atoms with Crippen LogP contribution < -0.4 is 9.47 Å². The number of ether oxygens (including phenoxy) is 8. The van der Waals surface area contributed by atoms with Crippen molar-refractivity contribution in [3.8, 4) is 11.5 Å². The molecule has 2 aliphatic heterocycles. The highest BCUT2D eigenvalue weighted by Crippen LogP contribution is 2.52. The molecule has 4 rings (SSSR count). The summed E-state index contributed by atoms with van der Waals surface area (Å²) in [7, 11) is 1.49. The Labute approximate surface area is 230 Å². The second-order valence-electron chi connectivity index (χ2n) is 10.6. The molecule has 0 aliphatic carbocycles. The van der Waals surface area contributed by atoms with E-state index in [-0.39, 0.29) is 26.4 Å². The normalized spacial score (nSPS) is 35.5. The SMILES string of the molecule is CO[C@H]1O[C@](C)(CO)[C@@](C)(O)[C@]2(C)OCCOCCOc3cc4ccccc4cc3OCCOCCO[C@]12C. The maximum atomic E-state index is 11.8. The Morgan fingerprint density at radius 3 is 1.82 bits per heavy atom. The molecule has 2 aliphatic rings. The molecule has 5 atom stereocenters. The summed E-state index contributed by atoms with van der Waals surface area (Å²) in [6, 6.07) is 11.9. The fourth-order valence-corrected chi connectivity index (χ4v) is 5.30. The van der Waals surface area contributed by atoms with Gasteiger partial charge in [-0.05, 0) is 50.6 Å². The minimum absolute atomic E-state index is 0.143. The van der Waals surface area contributed by atoms with Crippen LogP contribution in [0.2, 0.25) is 0 Å². The van der Waals surface area contributed by atoms with Gasteiger partial charge in [-0.2, -0.15) is 0 Å². The van der Waals surface area contributed by atoms with Gasteiger partial charge in [-0.25, -0.2) is 0 Å². The fourth-order valence-electron chi connectivity index (χ4n) is 5.30. The summed E-state index contributed by atoms with van der Waals surface area (Å²) in [5, 5.41) is 24.1. The van der Waals surface area contributed by atoms with Crippen molar-refractivity contribution in [3.63, 3.8) is 0 Å². The zero-order valence-corrected chi connectivity index (χ0v) is 23.6. The number of aliphatic hydroxyl groups is 2. The van der Waals surface area contributed by atoms with Crippen LogP contribution in [0.25, 0.3) is 10.8 Å². The van der Waals surface area contributed by atoms with Crippen molar-refractivity contribution in [1.82, 2.24) is 0 Å². The van der Waals surface area contributed by atoms with Crippen LogP contribution in [0.4, 0.5) is 0 Å². The van der Waals surface area contributed by atoms with Crippen LogP contribution in [0, 0.1) is 0 Å². The molecule has 0 bridgehead atoms. The lowest BCUT2D eigenvalue weighted by Gasteiger charge is -2.64. The van der Waals surface area contributed by atoms with E-state index in [2.05, 4.69) is 0 Å². The largest absolute Gasteiger partial charge is 0.487 e. The molecule has 218 valence electrons. The van der Waals surface area contributed by atoms with Crippen molar-refractivity contribution in [2.45, 2.75) is 56.4 Å². The highest BCUT2D eigenvalue weighted by molar-refractivity contribution is 5.86. The van der Waals surface area contributed by atoms with Gasteiger partial charge in [-0.15, -0.1) is 0 Å². The third-order valence-corrected chi connectivity index (χ3v) is 8.27. The minimum Gasteiger partial charge on any atom is -0.487 e. The van der Waals surface area contributed by atoms with Crippen molar-refractivity contribution < 1.29 is 48.1 Å². The van der Waals surface area contributed by atoms with Crippen molar-refractivity contribution >= 4 is 10.8 Å². The number of hydrogen-bond donors (Lipinski definition) is 2. The molecule has 0 unspecified atom stereocenters. The third kappa shape index (κ3) is 5.62. The van der Waals surface area contributed by atoms with Gasteiger partial charge in [0.2, 0.25) is 0 Å². The maximum absolute atomic E-state index is 11.8. The molecule has 0 saturated carbocycles. The van der Waals surface area contributed by atoms with Gasteiger partial charge in [0.1, 0.15) is 35.6 Å². The summed E-state index contributed by atoms with van der Waals surface area (Å²) >= 11 is 0. The van der Waals surface area contributed by atoms with Crippen molar-refractivity contribution in [3.05, 3.63) is 36.4 Å². The van der Waals surface area contributed by atoms with Crippen LogP contribution in [0.5, 0.6) is 11.5 Å². The van der Waals surface area contributed by atoms with Crippen molar-refractivity contribution in [2.75, 3.05) is 66.6 Å². The van der Waals surface area contributed by atoms with E-state index in [1.54, 1.807) is 27.7 Å². The van der Waals surface area contributed by atoms with Gasteiger partial charge in [0.25, 0.3) is 0 Å². The number of hydrogen-bond acceptors (Lipinski definition) is 10. The molecule has 2 aromatic carbocycles. The fraction of sp³-hybridized carbons (Fsp3) is 0.655. The van der Waals surface area contributed by atoms with E-state index in [1.807, 2.05) is 36.4 Å². The quantitative estimate of drug-likeness (QED) is 0.579. The summed E-state index contributed by atoms with van der Waals surface area (Å²) in [6.45, 7) is 8.34. The van der Waals surface area contributed by atoms with Gasteiger partial charge >= 0.3 is 0 Å². The number of rotatable bonds is 2. The molecule has 10 nitrogen and oxygen atoms in total. The first-order valence-corrected chi connectivity index (χ1v) is 13.4. The highest BCUT2D eigenvalue weighted by Gasteiger charge is 2.72. The zero-order chi connectivity index (χ0) is 28.2. The van der Waals surface area contributed by atoms with Crippen LogP contribution in [0.15, 0.2) is 36.4 Å². The third-order valence-electron chi connectivity index (χ3n) is 8.27. The second kappa shape index (κ2) is 12.2. The molecule has 1 fully saturated rings. The van der Waals surface area contributed by atoms with E-state index in [0.717, 1.165) is 10.8 Å². The minimum atomic E-state index is -1.68. The average Bonchev–Trinajstić information content (AvgIpc) is 2.93. The Bertz CT molecular complexity index is 1090. The predicted molar refractivity (Wildman–Crippen MR) is 143 cm³/mol. The van der Waals surface area contributed by atoms with Crippen molar-refractivity contribution in [2.24, 2.45) is 0 Å². The average molecular weight is 551 g/mol. The van der Waals surface area contributed by atoms with E-state index < -0.39 is 35.3 Å². The highest BCUT2D eigenvalue weighted by atomic mass is 16.7. The summed E-state index contributed by atoms with van der Waals surface area (Å²) in [5.41, 5.74) is -5.70. The van der Waals surface area contributed by atoms with Gasteiger partial charge in [-0.3, -0.25) is 0 Å². The first-order valence-electron chi connectivity index (χ1n) is 13.4. The van der Waals surface area contributed by atoms with E-state index in [1.165, 1.54) is 7.11 Å². The Morgan fingerprint density at radius 1 is 0.795 bits per heavy atom. The molecular weight excluding hydrogens is 508 g/mol. The molecule has 2 N–H and O–H groups in total. The lowest BCUT2D eigenvalue weighted by atomic mass is 9.63. The number of aliphatic hydroxyl groups excluding tert-OH is 1. The van der Waals surface area contributed by atoms with Crippen LogP contribution in [-0.2, 0) is 28.4 Å². The predicted octanol–water partition coefficient (Wildman–Crippen LogP) is 2.70. The standard InChI is InChI=1S/C29H42O10/c1-26(20-30)28(3,31)29(4)27(2,25(32-5)39-26)37-16-12-33-10-14-35-23-18-21-8-6-7-9-22(21)19-24(23)36-15-11-34-13-17-38-29/h6-9,18-19,25,30-31H,10-17,20H2,1-5H3/t25-,26+,27+,28+,29+/m0/s1. The van der Waals surface area contributed by atoms with E-state index >= 15 is 0 Å². The summed E-state index contributed by atoms with van der Waals surface area (Å²) < 4.78 is 48.0. The number of benzene rings is 2. The number of fused-ring (bicyclic) bond motifs is 3. The molecule has 10 heteroatoms. The Hall–Kier alpha value is -2.02. The van der Waals surface area contributed by atoms with Crippen LogP contribution in [0.3, 0.4) is 0 Å². The van der Waals surface area contributed by atoms with Crippen LogP contribution >= 0.6 is 0 Å². The van der Waals surface area contributed by atoms with Crippen molar-refractivity contribution in [1.29, 1.82) is 0 Å². The second-order valence-corrected chi connectivity index (χ2v) is 10.6. The van der Waals surface area contributed by atoms with Gasteiger partial charge in [0, 0.05) is 7.11 Å². The van der Waals surface area contributed by atoms with E-state index in [4.69, 9.17) is 37.9 Å². The van der Waals surface area contributed by atoms with Crippen LogP contribution in [-0.4, -0.2) is 105 Å². The number of methoxy groups -OCH3 is 1. The molecular formula is C29H42O10. The molecule has 0 radical (unpaired) electrons. The van der Waals surface area contributed by atoms with E-state index in [0.29, 0.717) is 37.9 Å². The summed E-state index contributed by atoms with van der Waals surface area (Å²) in [4.78, 5) is 0. The van der Waals surface area contributed by atoms with Gasteiger partial charge in [0.15, 0.2) is 17.8 Å². The van der Waals surface area contributed by atoms with Crippen LogP contribution in [0.1, 0.15) is 27.7 Å². The van der Waals surface area contributed by atoms with Gasteiger partial charge < -0.3 is 48.1 Å². The zero-order valence-electron chi connectivity index (χ0n) is 23.6. The Morgan fingerprint density at radius 2 is 1.31 bits per heavy atom. The molecule has 1 saturated heterocycles. The Balaban J connectivity index is 1.53. The first kappa shape index (κ1) is 30.0. The summed E-state index contributed by atoms with van der Waals surface area (Å²) in [5.74, 6) is 1.27. The first-order chi connectivity index (χ1) is 18.6. The molecule has 39 heavy (non-hydrogen) atoms. The molecule has 0 spiro atoms. The van der Waals surface area contributed by atoms with Gasteiger partial charge in [-0.1, -0.05) is 24.3 Å². The summed E-state index contributed by atoms with van der Waals surface area (Å²) in [6.07, 6.45) is -0.950. The topological polar surface area (TPSA) is 114 Å². The maximum Gasteiger partial charge on any atom is 0.189 e. The lowest BCUT2D eigenvalue weighted by molar-refractivity contribution is -0.428. The monoisotopic (exact) mass is 550 g/mol. The molecule has 2 aromatic rings. The molecule has 2 heterocycles. The smallest absolute Gasteiger partial charge is 0.189 e. The van der Waals surface area contributed by atoms with Gasteiger partial charge in [0.05, 0.1) is 46.2 Å². The Kier molecular flexibility index (Phi) is 9.40.